The predicted octanol–water partition coefficient (Wildman–Crippen LogP) is 10.1. The Labute approximate surface area is 304 Å². The van der Waals surface area contributed by atoms with E-state index in [4.69, 9.17) is 39.5 Å². The highest BCUT2D eigenvalue weighted by Crippen LogP contribution is 2.40. The van der Waals surface area contributed by atoms with Crippen LogP contribution in [0.4, 0.5) is 11.4 Å². The lowest BCUT2D eigenvalue weighted by molar-refractivity contribution is -0.123. The fourth-order valence-electron chi connectivity index (χ4n) is 5.34. The van der Waals surface area contributed by atoms with Crippen LogP contribution in [-0.2, 0) is 20.4 Å². The number of ether oxygens (including phenoxy) is 1. The SMILES string of the molecule is CCCCC(Oc1ccc(C(C)(C)CC)cc1C(C)(C)CC)C(=O)Nc1cccc(C(=O)NC2=NN(c3c(Cl)cc(Cl)cc3Cl)C(=O)C2)c1. The first-order valence-corrected chi connectivity index (χ1v) is 17.8. The van der Waals surface area contributed by atoms with Gasteiger partial charge in [0, 0.05) is 21.8 Å². The van der Waals surface area contributed by atoms with Crippen molar-refractivity contribution in [1.82, 2.24) is 5.32 Å². The average molecular weight is 728 g/mol. The molecule has 1 aliphatic rings. The second-order valence-electron chi connectivity index (χ2n) is 13.6. The molecule has 3 amide bonds. The number of hydrogen-bond donors (Lipinski definition) is 2. The normalized spacial score (nSPS) is 14.0. The maximum atomic E-state index is 13.7. The van der Waals surface area contributed by atoms with Crippen molar-refractivity contribution in [2.45, 2.75) is 104 Å². The number of nitrogens with zero attached hydrogens (tertiary/aromatic N) is 2. The number of amidine groups is 1. The van der Waals surface area contributed by atoms with Crippen LogP contribution in [0.1, 0.15) is 108 Å². The highest BCUT2D eigenvalue weighted by atomic mass is 35.5. The summed E-state index contributed by atoms with van der Waals surface area (Å²) in [5.74, 6) is -0.400. The van der Waals surface area contributed by atoms with Crippen molar-refractivity contribution in [2.24, 2.45) is 5.10 Å². The number of benzene rings is 3. The number of carbonyl (C=O) groups is 3. The van der Waals surface area contributed by atoms with E-state index in [9.17, 15) is 14.4 Å². The number of nitrogens with one attached hydrogen (secondary N) is 2. The summed E-state index contributed by atoms with van der Waals surface area (Å²) in [6.45, 7) is 15.3. The van der Waals surface area contributed by atoms with Crippen molar-refractivity contribution in [2.75, 3.05) is 10.3 Å². The molecule has 3 aromatic rings. The number of hydrogen-bond acceptors (Lipinski definition) is 5. The summed E-state index contributed by atoms with van der Waals surface area (Å²) in [6.07, 6.45) is 3.23. The Bertz CT molecular complexity index is 1730. The molecule has 0 aromatic heterocycles. The third kappa shape index (κ3) is 9.15. The first-order valence-electron chi connectivity index (χ1n) is 16.7. The topological polar surface area (TPSA) is 100 Å². The van der Waals surface area contributed by atoms with Gasteiger partial charge in [-0.15, -0.1) is 0 Å². The molecule has 4 rings (SSSR count). The Balaban J connectivity index is 1.52. The smallest absolute Gasteiger partial charge is 0.265 e. The number of hydrazone groups is 1. The minimum absolute atomic E-state index is 0.00477. The van der Waals surface area contributed by atoms with Crippen LogP contribution in [-0.4, -0.2) is 29.7 Å². The predicted molar refractivity (Wildman–Crippen MR) is 201 cm³/mol. The van der Waals surface area contributed by atoms with Crippen molar-refractivity contribution >= 4 is 69.7 Å². The standard InChI is InChI=1S/C38H45Cl3N4O4/c1-8-11-15-31(49-30-17-16-24(37(4,5)9-2)19-27(30)38(6,7)10-3)36(48)42-26-14-12-13-23(18-26)35(47)43-32-22-33(46)45(44-32)34-28(40)20-25(39)21-29(34)41/h12-14,16-21,31H,8-11,15,22H2,1-7H3,(H,42,48)(H,43,44,47). The van der Waals surface area contributed by atoms with E-state index in [1.807, 2.05) is 6.07 Å². The Kier molecular flexibility index (Phi) is 12.4. The molecule has 0 aliphatic carbocycles. The molecule has 1 unspecified atom stereocenters. The van der Waals surface area contributed by atoms with Crippen molar-refractivity contribution in [3.63, 3.8) is 0 Å². The molecular formula is C38H45Cl3N4O4. The molecule has 0 bridgehead atoms. The van der Waals surface area contributed by atoms with Gasteiger partial charge in [-0.25, -0.2) is 0 Å². The fraction of sp³-hybridized carbons (Fsp3) is 0.421. The molecule has 0 fully saturated rings. The molecular weight excluding hydrogens is 683 g/mol. The van der Waals surface area contributed by atoms with Gasteiger partial charge < -0.3 is 15.4 Å². The van der Waals surface area contributed by atoms with Crippen LogP contribution in [0.2, 0.25) is 15.1 Å². The van der Waals surface area contributed by atoms with Crippen LogP contribution in [0.3, 0.4) is 0 Å². The lowest BCUT2D eigenvalue weighted by atomic mass is 9.76. The van der Waals surface area contributed by atoms with E-state index in [1.165, 1.54) is 17.7 Å². The summed E-state index contributed by atoms with van der Waals surface area (Å²) in [4.78, 5) is 39.7. The Morgan fingerprint density at radius 1 is 0.918 bits per heavy atom. The molecule has 3 aromatic carbocycles. The van der Waals surface area contributed by atoms with E-state index in [0.717, 1.165) is 36.3 Å². The van der Waals surface area contributed by atoms with E-state index >= 15 is 0 Å². The summed E-state index contributed by atoms with van der Waals surface area (Å²) in [6, 6.07) is 15.8. The first kappa shape index (κ1) is 38.2. The molecule has 1 aliphatic heterocycles. The van der Waals surface area contributed by atoms with Gasteiger partial charge in [0.1, 0.15) is 17.3 Å². The Morgan fingerprint density at radius 2 is 1.59 bits per heavy atom. The van der Waals surface area contributed by atoms with Gasteiger partial charge in [0.25, 0.3) is 17.7 Å². The van der Waals surface area contributed by atoms with Crippen LogP contribution in [0.25, 0.3) is 0 Å². The third-order valence-electron chi connectivity index (χ3n) is 9.26. The molecule has 262 valence electrons. The molecule has 2 N–H and O–H groups in total. The van der Waals surface area contributed by atoms with Crippen LogP contribution in [0.15, 0.2) is 59.7 Å². The van der Waals surface area contributed by atoms with Gasteiger partial charge in [-0.1, -0.05) is 108 Å². The molecule has 11 heteroatoms. The van der Waals surface area contributed by atoms with Crippen molar-refractivity contribution in [3.8, 4) is 5.75 Å². The zero-order chi connectivity index (χ0) is 36.1. The van der Waals surface area contributed by atoms with Gasteiger partial charge in [-0.2, -0.15) is 10.1 Å². The summed E-state index contributed by atoms with van der Waals surface area (Å²) in [5, 5.41) is 11.5. The van der Waals surface area contributed by atoms with E-state index in [2.05, 4.69) is 76.3 Å². The summed E-state index contributed by atoms with van der Waals surface area (Å²) in [7, 11) is 0. The molecule has 8 nitrogen and oxygen atoms in total. The first-order chi connectivity index (χ1) is 23.1. The molecule has 1 heterocycles. The largest absolute Gasteiger partial charge is 0.480 e. The molecule has 0 saturated carbocycles. The molecule has 1 atom stereocenters. The van der Waals surface area contributed by atoms with E-state index < -0.39 is 17.9 Å². The maximum absolute atomic E-state index is 13.7. The summed E-state index contributed by atoms with van der Waals surface area (Å²) < 4.78 is 6.55. The molecule has 49 heavy (non-hydrogen) atoms. The molecule has 0 radical (unpaired) electrons. The number of anilines is 2. The second-order valence-corrected chi connectivity index (χ2v) is 14.9. The highest BCUT2D eigenvalue weighted by molar-refractivity contribution is 6.42. The highest BCUT2D eigenvalue weighted by Gasteiger charge is 2.31. The van der Waals surface area contributed by atoms with Gasteiger partial charge in [0.15, 0.2) is 6.10 Å². The molecule has 0 saturated heterocycles. The lowest BCUT2D eigenvalue weighted by Gasteiger charge is -2.31. The minimum Gasteiger partial charge on any atom is -0.480 e. The minimum atomic E-state index is -0.745. The van der Waals surface area contributed by atoms with E-state index in [-0.39, 0.29) is 50.3 Å². The van der Waals surface area contributed by atoms with E-state index in [0.29, 0.717) is 22.9 Å². The quantitative estimate of drug-likeness (QED) is 0.183. The van der Waals surface area contributed by atoms with Gasteiger partial charge >= 0.3 is 0 Å². The third-order valence-corrected chi connectivity index (χ3v) is 10.1. The fourth-order valence-corrected chi connectivity index (χ4v) is 6.32. The van der Waals surface area contributed by atoms with Crippen LogP contribution < -0.4 is 20.4 Å². The van der Waals surface area contributed by atoms with Crippen LogP contribution in [0, 0.1) is 0 Å². The second kappa shape index (κ2) is 16.0. The van der Waals surface area contributed by atoms with Crippen LogP contribution >= 0.6 is 34.8 Å². The van der Waals surface area contributed by atoms with Gasteiger partial charge in [0.2, 0.25) is 0 Å². The van der Waals surface area contributed by atoms with Crippen molar-refractivity contribution in [3.05, 3.63) is 86.4 Å². The molecule has 0 spiro atoms. The Hall–Kier alpha value is -3.59. The number of amides is 3. The zero-order valence-electron chi connectivity index (χ0n) is 29.2. The van der Waals surface area contributed by atoms with Gasteiger partial charge in [-0.05, 0) is 78.5 Å². The van der Waals surface area contributed by atoms with Crippen LogP contribution in [0.5, 0.6) is 5.75 Å². The average Bonchev–Trinajstić information content (AvgIpc) is 3.41. The summed E-state index contributed by atoms with van der Waals surface area (Å²) >= 11 is 18.6. The summed E-state index contributed by atoms with van der Waals surface area (Å²) in [5.41, 5.74) is 3.03. The number of rotatable bonds is 13. The number of halogens is 3. The zero-order valence-corrected chi connectivity index (χ0v) is 31.4. The lowest BCUT2D eigenvalue weighted by Crippen LogP contribution is -2.34. The monoisotopic (exact) mass is 726 g/mol. The number of unbranched alkanes of at least 4 members (excludes halogenated alkanes) is 1. The maximum Gasteiger partial charge on any atom is 0.265 e. The van der Waals surface area contributed by atoms with Crippen molar-refractivity contribution in [1.29, 1.82) is 0 Å². The Morgan fingerprint density at radius 3 is 2.22 bits per heavy atom. The van der Waals surface area contributed by atoms with Crippen molar-refractivity contribution < 1.29 is 19.1 Å². The number of carbonyl (C=O) groups excluding carboxylic acids is 3. The van der Waals surface area contributed by atoms with E-state index in [1.54, 1.807) is 24.3 Å². The van der Waals surface area contributed by atoms with Gasteiger partial charge in [-0.3, -0.25) is 14.4 Å². The van der Waals surface area contributed by atoms with Gasteiger partial charge in [0.05, 0.1) is 16.5 Å².